The minimum Gasteiger partial charge on any atom is -0.508 e. The van der Waals surface area contributed by atoms with Crippen LogP contribution in [-0.4, -0.2) is 66.0 Å². The first-order valence-electron chi connectivity index (χ1n) is 13.7. The monoisotopic (exact) mass is 638 g/mol. The smallest absolute Gasteiger partial charge is 0.293 e. The fourth-order valence-corrected chi connectivity index (χ4v) is 4.90. The number of nitrogens with one attached hydrogen (secondary N) is 2. The third kappa shape index (κ3) is 8.59. The number of aliphatic hydroxyl groups is 2. The number of aromatic nitrogens is 2. The summed E-state index contributed by atoms with van der Waals surface area (Å²) >= 11 is 0. The lowest BCUT2D eigenvalue weighted by molar-refractivity contribution is 0.0512. The number of aromatic hydroxyl groups is 1. The normalized spacial score (nSPS) is 12.2. The highest BCUT2D eigenvalue weighted by atomic mass is 32.2. The van der Waals surface area contributed by atoms with Crippen molar-refractivity contribution in [1.29, 1.82) is 0 Å². The van der Waals surface area contributed by atoms with Gasteiger partial charge in [-0.05, 0) is 47.4 Å². The molecule has 4 aromatic rings. The lowest BCUT2D eigenvalue weighted by Crippen LogP contribution is -2.24. The van der Waals surface area contributed by atoms with Crippen LogP contribution in [0.15, 0.2) is 77.7 Å². The van der Waals surface area contributed by atoms with Crippen molar-refractivity contribution in [2.24, 2.45) is 0 Å². The van der Waals surface area contributed by atoms with E-state index in [1.54, 1.807) is 30.3 Å². The van der Waals surface area contributed by atoms with E-state index in [0.717, 1.165) is 5.56 Å². The van der Waals surface area contributed by atoms with Gasteiger partial charge in [0.1, 0.15) is 30.0 Å². The summed E-state index contributed by atoms with van der Waals surface area (Å²) in [6, 6.07) is 18.4. The lowest BCUT2D eigenvalue weighted by atomic mass is 9.87. The summed E-state index contributed by atoms with van der Waals surface area (Å²) in [6.07, 6.45) is -1.34. The molecule has 238 valence electrons. The van der Waals surface area contributed by atoms with Crippen molar-refractivity contribution in [2.45, 2.75) is 37.2 Å². The number of methoxy groups -OCH3 is 1. The quantitative estimate of drug-likeness (QED) is 0.150. The Balaban J connectivity index is 1.83. The fourth-order valence-electron chi connectivity index (χ4n) is 3.89. The zero-order valence-electron chi connectivity index (χ0n) is 25.0. The van der Waals surface area contributed by atoms with Gasteiger partial charge < -0.3 is 34.8 Å². The highest BCUT2D eigenvalue weighted by molar-refractivity contribution is 7.92. The third-order valence-corrected chi connectivity index (χ3v) is 7.64. The molecule has 0 saturated carbocycles. The number of rotatable bonds is 12. The molecular weight excluding hydrogens is 604 g/mol. The number of carbonyl (C=O) groups is 1. The largest absolute Gasteiger partial charge is 0.508 e. The average Bonchev–Trinajstić information content (AvgIpc) is 3.00. The van der Waals surface area contributed by atoms with Crippen molar-refractivity contribution >= 4 is 27.4 Å². The van der Waals surface area contributed by atoms with Crippen LogP contribution in [-0.2, 0) is 15.4 Å². The van der Waals surface area contributed by atoms with Crippen LogP contribution in [0.25, 0.3) is 0 Å². The molecule has 0 fully saturated rings. The van der Waals surface area contributed by atoms with Crippen molar-refractivity contribution in [2.75, 3.05) is 30.4 Å². The Hall–Kier alpha value is -4.92. The molecule has 3 aromatic carbocycles. The Morgan fingerprint density at radius 2 is 1.67 bits per heavy atom. The van der Waals surface area contributed by atoms with E-state index in [9.17, 15) is 28.5 Å². The molecule has 1 aromatic heterocycles. The average molecular weight is 639 g/mol. The van der Waals surface area contributed by atoms with E-state index in [2.05, 4.69) is 20.0 Å². The molecule has 45 heavy (non-hydrogen) atoms. The first-order valence-corrected chi connectivity index (χ1v) is 15.2. The second kappa shape index (κ2) is 13.8. The van der Waals surface area contributed by atoms with E-state index >= 15 is 0 Å². The van der Waals surface area contributed by atoms with Crippen LogP contribution in [0.3, 0.4) is 0 Å². The van der Waals surface area contributed by atoms with Crippen molar-refractivity contribution in [1.82, 2.24) is 9.97 Å². The Bertz CT molecular complexity index is 1760. The molecule has 0 aliphatic rings. The maximum atomic E-state index is 13.6. The Morgan fingerprint density at radius 3 is 2.31 bits per heavy atom. The van der Waals surface area contributed by atoms with Gasteiger partial charge in [-0.25, -0.2) is 13.4 Å². The summed E-state index contributed by atoms with van der Waals surface area (Å²) in [4.78, 5) is 21.5. The van der Waals surface area contributed by atoms with Gasteiger partial charge in [-0.3, -0.25) is 9.52 Å². The summed E-state index contributed by atoms with van der Waals surface area (Å²) in [6.45, 7) is 4.85. The van der Waals surface area contributed by atoms with Crippen LogP contribution in [0.2, 0.25) is 0 Å². The van der Waals surface area contributed by atoms with Gasteiger partial charge in [0.15, 0.2) is 5.82 Å². The number of sulfonamides is 1. The van der Waals surface area contributed by atoms with Gasteiger partial charge in [-0.15, -0.1) is 0 Å². The topological polar surface area (TPSA) is 189 Å². The molecule has 13 nitrogen and oxygen atoms in total. The zero-order valence-corrected chi connectivity index (χ0v) is 25.8. The predicted octanol–water partition coefficient (Wildman–Crippen LogP) is 4.07. The van der Waals surface area contributed by atoms with Gasteiger partial charge in [-0.2, -0.15) is 4.98 Å². The number of hydrogen-bond donors (Lipinski definition) is 5. The SMILES string of the molecule is COc1cccc(Oc2c(NS(=O)(=O)c3ccc(C(C)(C)C)cc3)nc(C(=O)Nc3cccc(O)c3)nc2OCC(O)CO)c1. The van der Waals surface area contributed by atoms with Crippen LogP contribution in [0.1, 0.15) is 37.0 Å². The standard InChI is InChI=1S/C31H34N4O9S/c1-31(2,3)19-11-13-25(14-12-19)45(40,41)35-27-26(44-24-10-6-9-23(16-24)42-4)30(43-18-22(38)17-36)34-28(33-27)29(39)32-20-7-5-8-21(37)15-20/h5-16,22,36-38H,17-18H2,1-4H3,(H,32,39)(H,33,34,35). The molecule has 0 aliphatic heterocycles. The van der Waals surface area contributed by atoms with E-state index in [1.807, 2.05) is 20.8 Å². The summed E-state index contributed by atoms with van der Waals surface area (Å²) in [5.41, 5.74) is 0.901. The number of amides is 1. The molecule has 14 heteroatoms. The highest BCUT2D eigenvalue weighted by Gasteiger charge is 2.27. The fraction of sp³-hybridized carbons (Fsp3) is 0.258. The predicted molar refractivity (Wildman–Crippen MR) is 166 cm³/mol. The molecule has 4 rings (SSSR count). The van der Waals surface area contributed by atoms with Crippen molar-refractivity contribution in [3.05, 3.63) is 84.2 Å². The van der Waals surface area contributed by atoms with E-state index in [0.29, 0.717) is 5.75 Å². The van der Waals surface area contributed by atoms with Crippen molar-refractivity contribution in [3.8, 4) is 28.9 Å². The van der Waals surface area contributed by atoms with Crippen LogP contribution < -0.4 is 24.2 Å². The first-order chi connectivity index (χ1) is 21.3. The number of hydrogen-bond acceptors (Lipinski definition) is 11. The molecule has 5 N–H and O–H groups in total. The molecule has 1 atom stereocenters. The Kier molecular flexibility index (Phi) is 10.1. The molecule has 1 heterocycles. The van der Waals surface area contributed by atoms with Gasteiger partial charge in [0, 0.05) is 17.8 Å². The van der Waals surface area contributed by atoms with Crippen molar-refractivity contribution < 1.29 is 42.7 Å². The summed E-state index contributed by atoms with van der Waals surface area (Å²) in [5.74, 6) is -2.13. The Labute approximate surface area is 260 Å². The number of aliphatic hydroxyl groups excluding tert-OH is 2. The number of anilines is 2. The van der Waals surface area contributed by atoms with E-state index in [4.69, 9.17) is 14.2 Å². The molecule has 0 bridgehead atoms. The lowest BCUT2D eigenvalue weighted by Gasteiger charge is -2.20. The van der Waals surface area contributed by atoms with E-state index in [1.165, 1.54) is 49.6 Å². The first kappa shape index (κ1) is 33.0. The van der Waals surface area contributed by atoms with Gasteiger partial charge in [-0.1, -0.05) is 45.0 Å². The number of phenols is 1. The zero-order chi connectivity index (χ0) is 32.8. The van der Waals surface area contributed by atoms with Crippen LogP contribution >= 0.6 is 0 Å². The van der Waals surface area contributed by atoms with E-state index in [-0.39, 0.29) is 33.2 Å². The Morgan fingerprint density at radius 1 is 0.978 bits per heavy atom. The highest BCUT2D eigenvalue weighted by Crippen LogP contribution is 2.38. The third-order valence-electron chi connectivity index (χ3n) is 6.29. The van der Waals surface area contributed by atoms with Gasteiger partial charge in [0.2, 0.25) is 11.6 Å². The summed E-state index contributed by atoms with van der Waals surface area (Å²) in [7, 11) is -2.86. The maximum Gasteiger partial charge on any atom is 0.293 e. The van der Waals surface area contributed by atoms with Crippen LogP contribution in [0, 0.1) is 0 Å². The minimum absolute atomic E-state index is 0.0922. The molecule has 0 radical (unpaired) electrons. The van der Waals surface area contributed by atoms with Gasteiger partial charge in [0.25, 0.3) is 21.8 Å². The molecule has 1 unspecified atom stereocenters. The minimum atomic E-state index is -4.32. The molecule has 0 spiro atoms. The molecular formula is C31H34N4O9S. The molecule has 0 aliphatic carbocycles. The number of carbonyl (C=O) groups excluding carboxylic acids is 1. The summed E-state index contributed by atoms with van der Waals surface area (Å²) in [5, 5.41) is 31.6. The van der Waals surface area contributed by atoms with Gasteiger partial charge >= 0.3 is 0 Å². The number of benzene rings is 3. The number of nitrogens with zero attached hydrogens (tertiary/aromatic N) is 2. The molecule has 0 saturated heterocycles. The number of phenolic OH excluding ortho intramolecular Hbond substituents is 1. The number of ether oxygens (including phenoxy) is 3. The second-order valence-corrected chi connectivity index (χ2v) is 12.5. The van der Waals surface area contributed by atoms with Crippen LogP contribution in [0.4, 0.5) is 11.5 Å². The second-order valence-electron chi connectivity index (χ2n) is 10.8. The molecule has 1 amide bonds. The van der Waals surface area contributed by atoms with Crippen molar-refractivity contribution in [3.63, 3.8) is 0 Å². The van der Waals surface area contributed by atoms with E-state index < -0.39 is 52.8 Å². The van der Waals surface area contributed by atoms with Crippen LogP contribution in [0.5, 0.6) is 28.9 Å². The maximum absolute atomic E-state index is 13.6. The van der Waals surface area contributed by atoms with Gasteiger partial charge in [0.05, 0.1) is 18.6 Å². The summed E-state index contributed by atoms with van der Waals surface area (Å²) < 4.78 is 46.5.